The summed E-state index contributed by atoms with van der Waals surface area (Å²) < 4.78 is 0. The molecule has 0 saturated carbocycles. The predicted octanol–water partition coefficient (Wildman–Crippen LogP) is 2.62. The fourth-order valence-corrected chi connectivity index (χ4v) is 3.10. The highest BCUT2D eigenvalue weighted by atomic mass is 32.1. The maximum atomic E-state index is 12.1. The number of fused-ring (bicyclic) bond motifs is 1. The van der Waals surface area contributed by atoms with E-state index in [0.29, 0.717) is 12.2 Å². The summed E-state index contributed by atoms with van der Waals surface area (Å²) in [6, 6.07) is 8.00. The summed E-state index contributed by atoms with van der Waals surface area (Å²) in [4.78, 5) is 19.5. The number of nitrogens with two attached hydrogens (primary N) is 1. The van der Waals surface area contributed by atoms with E-state index in [2.05, 4.69) is 21.4 Å². The van der Waals surface area contributed by atoms with Crippen molar-refractivity contribution in [2.45, 2.75) is 19.4 Å². The number of thiazole rings is 1. The molecule has 4 N–H and O–H groups in total. The lowest BCUT2D eigenvalue weighted by Crippen LogP contribution is -2.26. The van der Waals surface area contributed by atoms with Crippen LogP contribution in [0.5, 0.6) is 0 Å². The predicted molar refractivity (Wildman–Crippen MR) is 89.1 cm³/mol. The average Bonchev–Trinajstić information content (AvgIpc) is 3.14. The van der Waals surface area contributed by atoms with Crippen molar-refractivity contribution in [3.63, 3.8) is 0 Å². The molecule has 0 bridgehead atoms. The van der Waals surface area contributed by atoms with E-state index in [1.807, 2.05) is 31.3 Å². The van der Waals surface area contributed by atoms with E-state index in [1.54, 1.807) is 5.38 Å². The number of aromatic amines is 1. The number of nitrogens with zero attached hydrogens (tertiary/aromatic N) is 1. The second-order valence-electron chi connectivity index (χ2n) is 5.23. The molecule has 2 heterocycles. The SMILES string of the molecule is C[C@@H](N)c1nc(C(=O)NCCc2c[nH]c3ccccc23)cs1. The Morgan fingerprint density at radius 3 is 3.05 bits per heavy atom. The molecule has 0 radical (unpaired) electrons. The van der Waals surface area contributed by atoms with Crippen molar-refractivity contribution in [2.24, 2.45) is 5.73 Å². The maximum Gasteiger partial charge on any atom is 0.270 e. The third-order valence-corrected chi connectivity index (χ3v) is 4.54. The first-order valence-electron chi connectivity index (χ1n) is 7.19. The molecule has 3 rings (SSSR count). The number of hydrogen-bond acceptors (Lipinski definition) is 4. The van der Waals surface area contributed by atoms with Gasteiger partial charge in [0.15, 0.2) is 0 Å². The summed E-state index contributed by atoms with van der Waals surface area (Å²) in [6.45, 7) is 2.43. The molecule has 0 aliphatic carbocycles. The highest BCUT2D eigenvalue weighted by Crippen LogP contribution is 2.18. The van der Waals surface area contributed by atoms with Crippen LogP contribution in [0.2, 0.25) is 0 Å². The van der Waals surface area contributed by atoms with E-state index in [9.17, 15) is 4.79 Å². The Balaban J connectivity index is 1.59. The van der Waals surface area contributed by atoms with Crippen LogP contribution in [-0.4, -0.2) is 22.4 Å². The summed E-state index contributed by atoms with van der Waals surface area (Å²) >= 11 is 1.42. The zero-order valence-corrected chi connectivity index (χ0v) is 13.1. The van der Waals surface area contributed by atoms with Gasteiger partial charge in [-0.15, -0.1) is 11.3 Å². The summed E-state index contributed by atoms with van der Waals surface area (Å²) in [5, 5.41) is 6.63. The van der Waals surface area contributed by atoms with Gasteiger partial charge < -0.3 is 16.0 Å². The molecule has 5 nitrogen and oxygen atoms in total. The van der Waals surface area contributed by atoms with Crippen molar-refractivity contribution in [3.05, 3.63) is 52.1 Å². The van der Waals surface area contributed by atoms with Crippen LogP contribution in [0.4, 0.5) is 0 Å². The standard InChI is InChI=1S/C16H18N4OS/c1-10(17)16-20-14(9-22-16)15(21)18-7-6-11-8-19-13-5-3-2-4-12(11)13/h2-5,8-10,19H,6-7,17H2,1H3,(H,18,21)/t10-/m1/s1. The smallest absolute Gasteiger partial charge is 0.270 e. The monoisotopic (exact) mass is 314 g/mol. The fourth-order valence-electron chi connectivity index (χ4n) is 2.34. The molecular formula is C16H18N4OS. The molecule has 1 aromatic carbocycles. The number of carbonyl (C=O) groups excluding carboxylic acids is 1. The van der Waals surface area contributed by atoms with Gasteiger partial charge in [0.05, 0.1) is 6.04 Å². The Kier molecular flexibility index (Phi) is 4.22. The lowest BCUT2D eigenvalue weighted by atomic mass is 10.1. The first kappa shape index (κ1) is 14.7. The van der Waals surface area contributed by atoms with Crippen LogP contribution in [0, 0.1) is 0 Å². The van der Waals surface area contributed by atoms with E-state index < -0.39 is 0 Å². The third kappa shape index (κ3) is 3.03. The van der Waals surface area contributed by atoms with Crippen LogP contribution in [0.3, 0.4) is 0 Å². The largest absolute Gasteiger partial charge is 0.361 e. The fraction of sp³-hybridized carbons (Fsp3) is 0.250. The summed E-state index contributed by atoms with van der Waals surface area (Å²) in [6.07, 6.45) is 2.77. The number of rotatable bonds is 5. The highest BCUT2D eigenvalue weighted by Gasteiger charge is 2.12. The third-order valence-electron chi connectivity index (χ3n) is 3.50. The number of H-pyrrole nitrogens is 1. The first-order valence-corrected chi connectivity index (χ1v) is 8.07. The van der Waals surface area contributed by atoms with Gasteiger partial charge in [0.2, 0.25) is 0 Å². The molecule has 1 atom stereocenters. The number of nitrogens with one attached hydrogen (secondary N) is 2. The van der Waals surface area contributed by atoms with Crippen molar-refractivity contribution < 1.29 is 4.79 Å². The molecule has 0 aliphatic rings. The van der Waals surface area contributed by atoms with Gasteiger partial charge in [0.1, 0.15) is 10.7 Å². The molecule has 0 unspecified atom stereocenters. The van der Waals surface area contributed by atoms with Crippen LogP contribution in [0.25, 0.3) is 10.9 Å². The lowest BCUT2D eigenvalue weighted by Gasteiger charge is -2.03. The summed E-state index contributed by atoms with van der Waals surface area (Å²) in [5.74, 6) is -0.150. The minimum atomic E-state index is -0.150. The molecule has 3 aromatic rings. The zero-order chi connectivity index (χ0) is 15.5. The first-order chi connectivity index (χ1) is 10.6. The molecular weight excluding hydrogens is 296 g/mol. The summed E-state index contributed by atoms with van der Waals surface area (Å²) in [7, 11) is 0. The second-order valence-corrected chi connectivity index (χ2v) is 6.11. The Morgan fingerprint density at radius 1 is 1.45 bits per heavy atom. The van der Waals surface area contributed by atoms with E-state index >= 15 is 0 Å². The van der Waals surface area contributed by atoms with Gasteiger partial charge in [-0.25, -0.2) is 4.98 Å². The molecule has 0 aliphatic heterocycles. The topological polar surface area (TPSA) is 83.8 Å². The Morgan fingerprint density at radius 2 is 2.27 bits per heavy atom. The quantitative estimate of drug-likeness (QED) is 0.677. The minimum Gasteiger partial charge on any atom is -0.361 e. The Bertz CT molecular complexity index is 790. The molecule has 1 amide bonds. The van der Waals surface area contributed by atoms with Gasteiger partial charge >= 0.3 is 0 Å². The van der Waals surface area contributed by atoms with E-state index in [0.717, 1.165) is 16.9 Å². The maximum absolute atomic E-state index is 12.1. The van der Waals surface area contributed by atoms with Crippen molar-refractivity contribution in [1.82, 2.24) is 15.3 Å². The van der Waals surface area contributed by atoms with Gasteiger partial charge in [-0.2, -0.15) is 0 Å². The number of aromatic nitrogens is 2. The van der Waals surface area contributed by atoms with Crippen molar-refractivity contribution >= 4 is 28.1 Å². The average molecular weight is 314 g/mol. The van der Waals surface area contributed by atoms with E-state index in [-0.39, 0.29) is 11.9 Å². The minimum absolute atomic E-state index is 0.141. The number of benzene rings is 1. The second kappa shape index (κ2) is 6.29. The van der Waals surface area contributed by atoms with Crippen LogP contribution in [0.1, 0.15) is 34.0 Å². The van der Waals surface area contributed by atoms with Crippen LogP contribution >= 0.6 is 11.3 Å². The van der Waals surface area contributed by atoms with Crippen LogP contribution in [0.15, 0.2) is 35.8 Å². The van der Waals surface area contributed by atoms with Crippen LogP contribution in [-0.2, 0) is 6.42 Å². The van der Waals surface area contributed by atoms with Crippen molar-refractivity contribution in [1.29, 1.82) is 0 Å². The summed E-state index contributed by atoms with van der Waals surface area (Å²) in [5.41, 5.74) is 8.51. The normalized spacial score (nSPS) is 12.5. The van der Waals surface area contributed by atoms with Gasteiger partial charge in [-0.05, 0) is 25.0 Å². The van der Waals surface area contributed by atoms with Gasteiger partial charge in [-0.3, -0.25) is 4.79 Å². The van der Waals surface area contributed by atoms with E-state index in [1.165, 1.54) is 22.3 Å². The molecule has 0 spiro atoms. The number of hydrogen-bond donors (Lipinski definition) is 3. The van der Waals surface area contributed by atoms with Gasteiger partial charge in [-0.1, -0.05) is 18.2 Å². The van der Waals surface area contributed by atoms with Crippen LogP contribution < -0.4 is 11.1 Å². The number of amides is 1. The van der Waals surface area contributed by atoms with Gasteiger partial charge in [0, 0.05) is 29.0 Å². The molecule has 6 heteroatoms. The van der Waals surface area contributed by atoms with Crippen molar-refractivity contribution in [3.8, 4) is 0 Å². The highest BCUT2D eigenvalue weighted by molar-refractivity contribution is 7.09. The Labute approximate surface area is 132 Å². The molecule has 114 valence electrons. The molecule has 2 aromatic heterocycles. The lowest BCUT2D eigenvalue weighted by molar-refractivity contribution is 0.0949. The van der Waals surface area contributed by atoms with Crippen molar-refractivity contribution in [2.75, 3.05) is 6.54 Å². The van der Waals surface area contributed by atoms with E-state index in [4.69, 9.17) is 5.73 Å². The number of para-hydroxylation sites is 1. The zero-order valence-electron chi connectivity index (χ0n) is 12.3. The molecule has 22 heavy (non-hydrogen) atoms. The molecule has 0 fully saturated rings. The Hall–Kier alpha value is -2.18. The molecule has 0 saturated heterocycles. The van der Waals surface area contributed by atoms with Gasteiger partial charge in [0.25, 0.3) is 5.91 Å². The number of carbonyl (C=O) groups is 1.